The van der Waals surface area contributed by atoms with Gasteiger partial charge in [0.25, 0.3) is 0 Å². The third kappa shape index (κ3) is 2.26. The molecule has 0 fully saturated rings. The van der Waals surface area contributed by atoms with Crippen LogP contribution in [0.1, 0.15) is 0 Å². The fraction of sp³-hybridized carbons (Fsp3) is 0.222. The van der Waals surface area contributed by atoms with Crippen LogP contribution < -0.4 is 10.6 Å². The summed E-state index contributed by atoms with van der Waals surface area (Å²) in [5.74, 6) is -0.576. The van der Waals surface area contributed by atoms with E-state index in [9.17, 15) is 8.78 Å². The van der Waals surface area contributed by atoms with E-state index in [4.69, 9.17) is 0 Å². The maximum atomic E-state index is 13.3. The van der Waals surface area contributed by atoms with E-state index in [1.807, 2.05) is 0 Å². The van der Waals surface area contributed by atoms with Gasteiger partial charge < -0.3 is 10.6 Å². The molecule has 0 aliphatic carbocycles. The highest BCUT2D eigenvalue weighted by atomic mass is 79.9. The third-order valence-corrected chi connectivity index (χ3v) is 2.54. The van der Waals surface area contributed by atoms with Crippen molar-refractivity contribution < 1.29 is 8.78 Å². The maximum absolute atomic E-state index is 13.3. The first-order valence-electron chi connectivity index (χ1n) is 4.37. The first kappa shape index (κ1) is 10.4. The predicted molar refractivity (Wildman–Crippen MR) is 58.0 cm³/mol. The number of hydrogen-bond acceptors (Lipinski definition) is 3. The summed E-state index contributed by atoms with van der Waals surface area (Å²) in [5.41, 5.74) is 0.0730. The minimum Gasteiger partial charge on any atom is -0.354 e. The molecular formula is C9H8BrF2N3. The van der Waals surface area contributed by atoms with Crippen molar-refractivity contribution in [2.45, 2.75) is 0 Å². The number of benzene rings is 1. The van der Waals surface area contributed by atoms with Crippen molar-refractivity contribution >= 4 is 27.6 Å². The van der Waals surface area contributed by atoms with Gasteiger partial charge in [0.05, 0.1) is 16.7 Å². The zero-order chi connectivity index (χ0) is 10.8. The summed E-state index contributed by atoms with van der Waals surface area (Å²) in [6, 6.07) is 2.16. The van der Waals surface area contributed by atoms with Crippen molar-refractivity contribution in [3.05, 3.63) is 28.2 Å². The van der Waals surface area contributed by atoms with Gasteiger partial charge in [-0.05, 0) is 22.0 Å². The molecule has 1 aliphatic rings. The molecule has 1 aliphatic heterocycles. The highest BCUT2D eigenvalue weighted by Crippen LogP contribution is 2.23. The van der Waals surface area contributed by atoms with Crippen LogP contribution in [0.15, 0.2) is 21.6 Å². The molecule has 3 nitrogen and oxygen atoms in total. The van der Waals surface area contributed by atoms with Gasteiger partial charge in [0.15, 0.2) is 5.96 Å². The van der Waals surface area contributed by atoms with E-state index in [0.717, 1.165) is 12.1 Å². The van der Waals surface area contributed by atoms with Crippen LogP contribution in [-0.4, -0.2) is 19.0 Å². The molecule has 0 aromatic heterocycles. The quantitative estimate of drug-likeness (QED) is 0.771. The van der Waals surface area contributed by atoms with Crippen LogP contribution in [0.3, 0.4) is 0 Å². The second kappa shape index (κ2) is 4.14. The van der Waals surface area contributed by atoms with Crippen molar-refractivity contribution in [3.8, 4) is 0 Å². The highest BCUT2D eigenvalue weighted by Gasteiger charge is 2.11. The number of rotatable bonds is 1. The van der Waals surface area contributed by atoms with Crippen LogP contribution in [0.25, 0.3) is 0 Å². The number of nitrogens with zero attached hydrogens (tertiary/aromatic N) is 1. The van der Waals surface area contributed by atoms with Gasteiger partial charge in [-0.3, -0.25) is 4.99 Å². The lowest BCUT2D eigenvalue weighted by molar-refractivity contribution is 0.598. The van der Waals surface area contributed by atoms with Crippen LogP contribution in [0, 0.1) is 11.6 Å². The van der Waals surface area contributed by atoms with Crippen LogP contribution in [-0.2, 0) is 0 Å². The molecule has 0 saturated carbocycles. The van der Waals surface area contributed by atoms with Crippen LogP contribution in [0.5, 0.6) is 0 Å². The van der Waals surface area contributed by atoms with Gasteiger partial charge in [-0.2, -0.15) is 0 Å². The smallest absolute Gasteiger partial charge is 0.196 e. The summed E-state index contributed by atoms with van der Waals surface area (Å²) < 4.78 is 26.6. The third-order valence-electron chi connectivity index (χ3n) is 1.94. The lowest BCUT2D eigenvalue weighted by Crippen LogP contribution is -2.26. The number of halogens is 3. The molecule has 0 bridgehead atoms. The fourth-order valence-electron chi connectivity index (χ4n) is 1.23. The summed E-state index contributed by atoms with van der Waals surface area (Å²) >= 11 is 2.90. The molecule has 1 heterocycles. The Kier molecular flexibility index (Phi) is 2.86. The molecule has 15 heavy (non-hydrogen) atoms. The van der Waals surface area contributed by atoms with Gasteiger partial charge >= 0.3 is 0 Å². The number of hydrogen-bond donors (Lipinski definition) is 2. The average molecular weight is 276 g/mol. The van der Waals surface area contributed by atoms with Crippen LogP contribution in [0.2, 0.25) is 0 Å². The molecule has 2 rings (SSSR count). The molecule has 0 unspecified atom stereocenters. The predicted octanol–water partition coefficient (Wildman–Crippen LogP) is 2.10. The van der Waals surface area contributed by atoms with Crippen molar-refractivity contribution in [3.63, 3.8) is 0 Å². The number of guanidine groups is 1. The largest absolute Gasteiger partial charge is 0.354 e. The Labute approximate surface area is 93.7 Å². The molecule has 6 heteroatoms. The Morgan fingerprint density at radius 2 is 2.13 bits per heavy atom. The zero-order valence-electron chi connectivity index (χ0n) is 7.65. The van der Waals surface area contributed by atoms with E-state index < -0.39 is 11.6 Å². The second-order valence-corrected chi connectivity index (χ2v) is 3.88. The molecular weight excluding hydrogens is 268 g/mol. The Hall–Kier alpha value is -1.17. The lowest BCUT2D eigenvalue weighted by Gasteiger charge is -2.08. The van der Waals surface area contributed by atoms with E-state index in [-0.39, 0.29) is 10.2 Å². The molecule has 1 aromatic carbocycles. The van der Waals surface area contributed by atoms with E-state index in [0.29, 0.717) is 19.0 Å². The monoisotopic (exact) mass is 275 g/mol. The molecule has 0 atom stereocenters. The molecule has 1 aromatic rings. The van der Waals surface area contributed by atoms with E-state index >= 15 is 0 Å². The Balaban J connectivity index is 2.24. The normalized spacial score (nSPS) is 14.7. The number of nitrogens with one attached hydrogen (secondary N) is 2. The first-order chi connectivity index (χ1) is 7.16. The van der Waals surface area contributed by atoms with Gasteiger partial charge in [0.1, 0.15) is 11.6 Å². The molecule has 0 amide bonds. The lowest BCUT2D eigenvalue weighted by atomic mass is 10.3. The Bertz CT molecular complexity index is 420. The number of anilines is 1. The van der Waals surface area contributed by atoms with Crippen molar-refractivity contribution in [2.75, 3.05) is 18.4 Å². The van der Waals surface area contributed by atoms with Crippen LogP contribution in [0.4, 0.5) is 14.5 Å². The molecule has 2 N–H and O–H groups in total. The summed E-state index contributed by atoms with van der Waals surface area (Å²) in [5, 5.41) is 5.58. The standard InChI is InChI=1S/C9H8BrF2N3/c10-5-3-7(12)8(4-6(5)11)15-9-13-1-2-14-9/h3-4H,1-2H2,(H2,13,14,15). The first-order valence-corrected chi connectivity index (χ1v) is 5.16. The van der Waals surface area contributed by atoms with Crippen LogP contribution >= 0.6 is 15.9 Å². The van der Waals surface area contributed by atoms with Crippen molar-refractivity contribution in [2.24, 2.45) is 4.99 Å². The molecule has 0 spiro atoms. The van der Waals surface area contributed by atoms with Gasteiger partial charge in [-0.1, -0.05) is 0 Å². The van der Waals surface area contributed by atoms with E-state index in [2.05, 4.69) is 31.6 Å². The Morgan fingerprint density at radius 1 is 1.33 bits per heavy atom. The van der Waals surface area contributed by atoms with Gasteiger partial charge in [-0.25, -0.2) is 8.78 Å². The number of aliphatic imine (C=N–C) groups is 1. The molecule has 0 saturated heterocycles. The molecule has 80 valence electrons. The van der Waals surface area contributed by atoms with E-state index in [1.165, 1.54) is 0 Å². The average Bonchev–Trinajstić information content (AvgIpc) is 2.67. The fourth-order valence-corrected chi connectivity index (χ4v) is 1.54. The minimum absolute atomic E-state index is 0.0730. The minimum atomic E-state index is -0.528. The summed E-state index contributed by atoms with van der Waals surface area (Å²) in [7, 11) is 0. The Morgan fingerprint density at radius 3 is 2.80 bits per heavy atom. The zero-order valence-corrected chi connectivity index (χ0v) is 9.24. The topological polar surface area (TPSA) is 36.4 Å². The molecule has 0 radical (unpaired) electrons. The van der Waals surface area contributed by atoms with E-state index in [1.54, 1.807) is 0 Å². The summed E-state index contributed by atoms with van der Waals surface area (Å²) in [6.07, 6.45) is 0. The summed E-state index contributed by atoms with van der Waals surface area (Å²) in [6.45, 7) is 1.35. The van der Waals surface area contributed by atoms with Crippen molar-refractivity contribution in [1.82, 2.24) is 5.32 Å². The SMILES string of the molecule is Fc1cc(NC2=NCCN2)c(F)cc1Br. The second-order valence-electron chi connectivity index (χ2n) is 3.03. The highest BCUT2D eigenvalue weighted by molar-refractivity contribution is 9.10. The van der Waals surface area contributed by atoms with Gasteiger partial charge in [0, 0.05) is 12.6 Å². The van der Waals surface area contributed by atoms with Crippen molar-refractivity contribution in [1.29, 1.82) is 0 Å². The summed E-state index contributed by atoms with van der Waals surface area (Å²) in [4.78, 5) is 4.02. The maximum Gasteiger partial charge on any atom is 0.196 e. The van der Waals surface area contributed by atoms with Gasteiger partial charge in [-0.15, -0.1) is 0 Å². The van der Waals surface area contributed by atoms with Gasteiger partial charge in [0.2, 0.25) is 0 Å².